The van der Waals surface area contributed by atoms with Crippen molar-refractivity contribution in [2.75, 3.05) is 6.54 Å². The molecule has 0 aliphatic carbocycles. The number of nitrogens with zero attached hydrogens (tertiary/aromatic N) is 1. The summed E-state index contributed by atoms with van der Waals surface area (Å²) in [5.74, 6) is -1.51. The van der Waals surface area contributed by atoms with Crippen molar-refractivity contribution in [3.05, 3.63) is 107 Å². The first-order valence-electron chi connectivity index (χ1n) is 15.8. The molecule has 0 bridgehead atoms. The van der Waals surface area contributed by atoms with Crippen LogP contribution in [0, 0.1) is 11.2 Å². The number of carbonyl (C=O) groups excluding carboxylic acids is 4. The Morgan fingerprint density at radius 1 is 0.958 bits per heavy atom. The van der Waals surface area contributed by atoms with Gasteiger partial charge < -0.3 is 20.1 Å². The number of piperidine rings is 1. The maximum absolute atomic E-state index is 13.5. The van der Waals surface area contributed by atoms with Crippen LogP contribution in [-0.4, -0.2) is 59.0 Å². The van der Waals surface area contributed by atoms with E-state index in [1.165, 1.54) is 17.0 Å². The van der Waals surface area contributed by atoms with Gasteiger partial charge in [0.25, 0.3) is 0 Å². The molecule has 4 N–H and O–H groups in total. The van der Waals surface area contributed by atoms with E-state index in [0.717, 1.165) is 16.7 Å². The van der Waals surface area contributed by atoms with Crippen LogP contribution in [0.1, 0.15) is 68.7 Å². The number of alkyl carbamates (subject to hydrolysis) is 1. The molecule has 254 valence electrons. The summed E-state index contributed by atoms with van der Waals surface area (Å²) in [6.07, 6.45) is -0.513. The Balaban J connectivity index is 1.30. The molecule has 3 aromatic rings. The molecule has 1 aliphatic heterocycles. The lowest BCUT2D eigenvalue weighted by Crippen LogP contribution is -2.57. The predicted molar refractivity (Wildman–Crippen MR) is 178 cm³/mol. The van der Waals surface area contributed by atoms with Crippen molar-refractivity contribution in [1.82, 2.24) is 20.9 Å². The summed E-state index contributed by atoms with van der Waals surface area (Å²) < 4.78 is 24.3. The summed E-state index contributed by atoms with van der Waals surface area (Å²) >= 11 is 0. The molecule has 1 fully saturated rings. The van der Waals surface area contributed by atoms with Crippen LogP contribution in [0.3, 0.4) is 0 Å². The van der Waals surface area contributed by atoms with Crippen LogP contribution in [0.2, 0.25) is 0 Å². The Morgan fingerprint density at radius 2 is 1.62 bits per heavy atom. The third-order valence-corrected chi connectivity index (χ3v) is 7.78. The van der Waals surface area contributed by atoms with E-state index in [1.54, 1.807) is 64.1 Å². The first kappa shape index (κ1) is 35.6. The number of rotatable bonds is 9. The van der Waals surface area contributed by atoms with Gasteiger partial charge in [0, 0.05) is 18.7 Å². The SMILES string of the molecule is CC(NC(=O)[C@H]1C[C@@H](c2ccc(F)cc2)CCN1C(=O)OC(C)(C)C)C(=O)NCc1ccc(C(=N)NC(=O)OCc2ccccc2)cc1. The predicted octanol–water partition coefficient (Wildman–Crippen LogP) is 5.38. The normalized spacial score (nSPS) is 16.6. The highest BCUT2D eigenvalue weighted by Gasteiger charge is 2.39. The molecule has 0 aromatic heterocycles. The molecule has 1 saturated heterocycles. The van der Waals surface area contributed by atoms with Crippen molar-refractivity contribution in [3.8, 4) is 0 Å². The molecule has 0 spiro atoms. The van der Waals surface area contributed by atoms with E-state index in [2.05, 4.69) is 16.0 Å². The van der Waals surface area contributed by atoms with Gasteiger partial charge in [-0.3, -0.25) is 25.2 Å². The first-order chi connectivity index (χ1) is 22.8. The Hall–Kier alpha value is -5.26. The second-order valence-electron chi connectivity index (χ2n) is 12.7. The fraction of sp³-hybridized carbons (Fsp3) is 0.361. The first-order valence-corrected chi connectivity index (χ1v) is 15.8. The van der Waals surface area contributed by atoms with Gasteiger partial charge in [0.05, 0.1) is 0 Å². The van der Waals surface area contributed by atoms with E-state index < -0.39 is 41.7 Å². The van der Waals surface area contributed by atoms with Gasteiger partial charge in [-0.25, -0.2) is 14.0 Å². The van der Waals surface area contributed by atoms with Gasteiger partial charge in [-0.2, -0.15) is 0 Å². The minimum atomic E-state index is -0.914. The quantitative estimate of drug-likeness (QED) is 0.179. The lowest BCUT2D eigenvalue weighted by atomic mass is 9.85. The van der Waals surface area contributed by atoms with E-state index in [9.17, 15) is 23.6 Å². The van der Waals surface area contributed by atoms with Crippen LogP contribution in [-0.2, 0) is 32.2 Å². The van der Waals surface area contributed by atoms with Gasteiger partial charge in [0.2, 0.25) is 11.8 Å². The smallest absolute Gasteiger partial charge is 0.413 e. The summed E-state index contributed by atoms with van der Waals surface area (Å²) in [7, 11) is 0. The molecule has 12 heteroatoms. The number of carbonyl (C=O) groups is 4. The lowest BCUT2D eigenvalue weighted by molar-refractivity contribution is -0.132. The van der Waals surface area contributed by atoms with E-state index in [0.29, 0.717) is 12.0 Å². The Kier molecular flexibility index (Phi) is 11.9. The number of nitrogens with one attached hydrogen (secondary N) is 4. The van der Waals surface area contributed by atoms with Gasteiger partial charge in [0.1, 0.15) is 35.9 Å². The highest BCUT2D eigenvalue weighted by Crippen LogP contribution is 2.33. The second-order valence-corrected chi connectivity index (χ2v) is 12.7. The van der Waals surface area contributed by atoms with Gasteiger partial charge in [-0.15, -0.1) is 0 Å². The van der Waals surface area contributed by atoms with Crippen molar-refractivity contribution >= 4 is 29.8 Å². The topological polar surface area (TPSA) is 150 Å². The second kappa shape index (κ2) is 16.0. The fourth-order valence-electron chi connectivity index (χ4n) is 5.23. The number of ether oxygens (including phenoxy) is 2. The maximum Gasteiger partial charge on any atom is 0.413 e. The number of amides is 4. The molecular formula is C36H42FN5O6. The summed E-state index contributed by atoms with van der Waals surface area (Å²) in [6.45, 7) is 7.28. The zero-order valence-corrected chi connectivity index (χ0v) is 27.5. The molecule has 4 rings (SSSR count). The monoisotopic (exact) mass is 659 g/mol. The fourth-order valence-corrected chi connectivity index (χ4v) is 5.23. The average Bonchev–Trinajstić information content (AvgIpc) is 3.06. The van der Waals surface area contributed by atoms with Gasteiger partial charge >= 0.3 is 12.2 Å². The minimum absolute atomic E-state index is 0.0800. The Labute approximate surface area is 279 Å². The molecule has 0 saturated carbocycles. The van der Waals surface area contributed by atoms with E-state index in [-0.39, 0.29) is 43.7 Å². The molecule has 11 nitrogen and oxygen atoms in total. The average molecular weight is 660 g/mol. The summed E-state index contributed by atoms with van der Waals surface area (Å²) in [5.41, 5.74) is 2.11. The van der Waals surface area contributed by atoms with Gasteiger partial charge in [-0.05, 0) is 75.3 Å². The van der Waals surface area contributed by atoms with Gasteiger partial charge in [0.15, 0.2) is 0 Å². The summed E-state index contributed by atoms with van der Waals surface area (Å²) in [5, 5.41) is 16.1. The number of benzene rings is 3. The highest BCUT2D eigenvalue weighted by molar-refractivity contribution is 6.04. The zero-order valence-electron chi connectivity index (χ0n) is 27.5. The van der Waals surface area contributed by atoms with Gasteiger partial charge in [-0.1, -0.05) is 66.7 Å². The number of hydrogen-bond donors (Lipinski definition) is 4. The van der Waals surface area contributed by atoms with Crippen molar-refractivity contribution < 1.29 is 33.0 Å². The molecule has 3 atom stereocenters. The summed E-state index contributed by atoms with van der Waals surface area (Å²) in [4.78, 5) is 53.0. The zero-order chi connectivity index (χ0) is 34.8. The minimum Gasteiger partial charge on any atom is -0.444 e. The van der Waals surface area contributed by atoms with Crippen molar-refractivity contribution in [2.24, 2.45) is 0 Å². The van der Waals surface area contributed by atoms with Crippen LogP contribution < -0.4 is 16.0 Å². The molecule has 0 radical (unpaired) electrons. The standard InChI is InChI=1S/C36H42FN5O6/c1-23(32(43)39-21-24-10-12-27(13-11-24)31(38)41-34(45)47-22-25-8-6-5-7-9-25)40-33(44)30-20-28(26-14-16-29(37)17-15-26)18-19-42(30)35(46)48-36(2,3)4/h5-17,23,28,30H,18-22H2,1-4H3,(H,39,43)(H,40,44)(H2,38,41,45)/t23?,28-,30+/m0/s1. The third kappa shape index (κ3) is 10.4. The van der Waals surface area contributed by atoms with Crippen LogP contribution in [0.15, 0.2) is 78.9 Å². The van der Waals surface area contributed by atoms with Crippen LogP contribution in [0.5, 0.6) is 0 Å². The van der Waals surface area contributed by atoms with Crippen LogP contribution in [0.25, 0.3) is 0 Å². The molecule has 1 aliphatic rings. The van der Waals surface area contributed by atoms with Crippen molar-refractivity contribution in [3.63, 3.8) is 0 Å². The number of likely N-dealkylation sites (tertiary alicyclic amines) is 1. The Bertz CT molecular complexity index is 1590. The van der Waals surface area contributed by atoms with Crippen molar-refractivity contribution in [1.29, 1.82) is 5.41 Å². The van der Waals surface area contributed by atoms with E-state index in [1.807, 2.05) is 30.3 Å². The molecule has 48 heavy (non-hydrogen) atoms. The van der Waals surface area contributed by atoms with E-state index in [4.69, 9.17) is 14.9 Å². The van der Waals surface area contributed by atoms with Crippen LogP contribution >= 0.6 is 0 Å². The number of hydrogen-bond acceptors (Lipinski definition) is 7. The Morgan fingerprint density at radius 3 is 2.27 bits per heavy atom. The van der Waals surface area contributed by atoms with Crippen molar-refractivity contribution in [2.45, 2.75) is 77.3 Å². The molecule has 1 heterocycles. The number of amidine groups is 1. The van der Waals surface area contributed by atoms with E-state index >= 15 is 0 Å². The molecule has 3 aromatic carbocycles. The number of halogens is 1. The molecule has 4 amide bonds. The lowest BCUT2D eigenvalue weighted by Gasteiger charge is -2.39. The van der Waals surface area contributed by atoms with Crippen LogP contribution in [0.4, 0.5) is 14.0 Å². The third-order valence-electron chi connectivity index (χ3n) is 7.78. The molecule has 1 unspecified atom stereocenters. The maximum atomic E-state index is 13.5. The molecular weight excluding hydrogens is 617 g/mol. The largest absolute Gasteiger partial charge is 0.444 e. The summed E-state index contributed by atoms with van der Waals surface area (Å²) in [6, 6.07) is 20.2. The highest BCUT2D eigenvalue weighted by atomic mass is 19.1.